The maximum absolute atomic E-state index is 4.26. The minimum atomic E-state index is 0.864. The molecule has 4 aromatic rings. The summed E-state index contributed by atoms with van der Waals surface area (Å²) >= 11 is 0. The Morgan fingerprint density at radius 1 is 0.889 bits per heavy atom. The Balaban J connectivity index is 1.59. The number of anilines is 2. The summed E-state index contributed by atoms with van der Waals surface area (Å²) in [5.74, 6) is 0. The van der Waals surface area contributed by atoms with E-state index < -0.39 is 0 Å². The molecule has 134 valence electrons. The molecule has 1 aliphatic heterocycles. The minimum absolute atomic E-state index is 0.864. The summed E-state index contributed by atoms with van der Waals surface area (Å²) in [6.45, 7) is 2.96. The third-order valence-corrected chi connectivity index (χ3v) is 5.19. The van der Waals surface area contributed by atoms with Crippen LogP contribution in [0.5, 0.6) is 0 Å². The van der Waals surface area contributed by atoms with Crippen molar-refractivity contribution in [3.05, 3.63) is 78.8 Å². The van der Waals surface area contributed by atoms with Gasteiger partial charge in [0, 0.05) is 42.8 Å². The molecule has 0 N–H and O–H groups in total. The van der Waals surface area contributed by atoms with E-state index in [4.69, 9.17) is 0 Å². The summed E-state index contributed by atoms with van der Waals surface area (Å²) in [4.78, 5) is 9.03. The van der Waals surface area contributed by atoms with Crippen LogP contribution in [0.15, 0.2) is 73.2 Å². The molecule has 2 aromatic heterocycles. The fraction of sp³-hybridized carbons (Fsp3) is 0.182. The zero-order valence-electron chi connectivity index (χ0n) is 15.3. The van der Waals surface area contributed by atoms with Crippen LogP contribution >= 0.6 is 0 Å². The Bertz CT molecular complexity index is 1090. The van der Waals surface area contributed by atoms with Gasteiger partial charge in [-0.3, -0.25) is 0 Å². The van der Waals surface area contributed by atoms with Crippen LogP contribution in [0.25, 0.3) is 16.8 Å². The largest absolute Gasteiger partial charge is 0.340 e. The van der Waals surface area contributed by atoms with Crippen LogP contribution in [-0.4, -0.2) is 39.6 Å². The van der Waals surface area contributed by atoms with Gasteiger partial charge in [0.15, 0.2) is 5.65 Å². The van der Waals surface area contributed by atoms with Crippen LogP contribution in [0.1, 0.15) is 5.56 Å². The summed E-state index contributed by atoms with van der Waals surface area (Å²) in [6.07, 6.45) is 3.63. The second-order valence-corrected chi connectivity index (χ2v) is 7.05. The molecule has 27 heavy (non-hydrogen) atoms. The van der Waals surface area contributed by atoms with Gasteiger partial charge in [-0.2, -0.15) is 5.10 Å². The van der Waals surface area contributed by atoms with E-state index in [2.05, 4.69) is 81.5 Å². The summed E-state index contributed by atoms with van der Waals surface area (Å²) < 4.78 is 1.82. The summed E-state index contributed by atoms with van der Waals surface area (Å²) in [6, 6.07) is 21.5. The van der Waals surface area contributed by atoms with Gasteiger partial charge in [0.05, 0.1) is 0 Å². The van der Waals surface area contributed by atoms with E-state index in [0.717, 1.165) is 30.8 Å². The van der Waals surface area contributed by atoms with Crippen molar-refractivity contribution in [1.82, 2.24) is 19.5 Å². The van der Waals surface area contributed by atoms with Crippen molar-refractivity contribution < 1.29 is 0 Å². The Labute approximate surface area is 158 Å². The third-order valence-electron chi connectivity index (χ3n) is 5.19. The maximum atomic E-state index is 4.26. The van der Waals surface area contributed by atoms with Gasteiger partial charge < -0.3 is 9.80 Å². The lowest BCUT2D eigenvalue weighted by atomic mass is 10.0. The molecule has 0 fully saturated rings. The fourth-order valence-corrected chi connectivity index (χ4v) is 3.78. The Morgan fingerprint density at radius 2 is 1.74 bits per heavy atom. The number of likely N-dealkylation sites (N-methyl/N-ethyl adjacent to an activating group) is 1. The van der Waals surface area contributed by atoms with E-state index in [0.29, 0.717) is 0 Å². The highest BCUT2D eigenvalue weighted by Gasteiger charge is 2.19. The Morgan fingerprint density at radius 3 is 2.63 bits per heavy atom. The normalized spacial score (nSPS) is 14.9. The maximum Gasteiger partial charge on any atom is 0.155 e. The number of rotatable bonds is 2. The first-order valence-electron chi connectivity index (χ1n) is 9.22. The molecular weight excluding hydrogens is 334 g/mol. The number of hydrogen-bond acceptors (Lipinski definition) is 4. The molecule has 0 saturated heterocycles. The van der Waals surface area contributed by atoms with Gasteiger partial charge in [0.2, 0.25) is 0 Å². The smallest absolute Gasteiger partial charge is 0.155 e. The standard InChI is InChI=1S/C22H21N5/c1-25-11-12-26(20-5-3-2-4-6-20)21-9-7-17(13-19(21)14-25)18-8-10-22-23-16-24-27(22)15-18/h2-10,13,15-16H,11-12,14H2,1H3. The highest BCUT2D eigenvalue weighted by molar-refractivity contribution is 5.73. The van der Waals surface area contributed by atoms with E-state index >= 15 is 0 Å². The van der Waals surface area contributed by atoms with Crippen molar-refractivity contribution >= 4 is 17.0 Å². The minimum Gasteiger partial charge on any atom is -0.340 e. The second kappa shape index (κ2) is 6.52. The van der Waals surface area contributed by atoms with Gasteiger partial charge in [-0.25, -0.2) is 9.50 Å². The van der Waals surface area contributed by atoms with Gasteiger partial charge in [-0.15, -0.1) is 0 Å². The lowest BCUT2D eigenvalue weighted by Crippen LogP contribution is -2.26. The zero-order valence-corrected chi connectivity index (χ0v) is 15.3. The number of para-hydroxylation sites is 1. The molecular formula is C22H21N5. The summed E-state index contributed by atoms with van der Waals surface area (Å²) in [7, 11) is 2.19. The molecule has 0 amide bonds. The van der Waals surface area contributed by atoms with Crippen LogP contribution in [0.2, 0.25) is 0 Å². The van der Waals surface area contributed by atoms with Gasteiger partial charge in [-0.1, -0.05) is 24.3 Å². The van der Waals surface area contributed by atoms with Crippen molar-refractivity contribution in [3.8, 4) is 11.1 Å². The Hall–Kier alpha value is -3.18. The van der Waals surface area contributed by atoms with Crippen LogP contribution < -0.4 is 4.90 Å². The van der Waals surface area contributed by atoms with E-state index in [1.807, 2.05) is 16.8 Å². The van der Waals surface area contributed by atoms with Gasteiger partial charge in [-0.05, 0) is 54.6 Å². The summed E-state index contributed by atoms with van der Waals surface area (Å²) in [5.41, 5.74) is 7.09. The van der Waals surface area contributed by atoms with Gasteiger partial charge in [0.25, 0.3) is 0 Å². The first-order chi connectivity index (χ1) is 13.3. The molecule has 2 aromatic carbocycles. The predicted octanol–water partition coefficient (Wildman–Crippen LogP) is 3.98. The molecule has 0 saturated carbocycles. The fourth-order valence-electron chi connectivity index (χ4n) is 3.78. The molecule has 3 heterocycles. The Kier molecular flexibility index (Phi) is 3.87. The summed E-state index contributed by atoms with van der Waals surface area (Å²) in [5, 5.41) is 4.26. The molecule has 0 spiro atoms. The molecule has 0 atom stereocenters. The van der Waals surface area contributed by atoms with Crippen LogP contribution in [0, 0.1) is 0 Å². The van der Waals surface area contributed by atoms with Gasteiger partial charge >= 0.3 is 0 Å². The average Bonchev–Trinajstić information content (AvgIpc) is 3.10. The molecule has 5 nitrogen and oxygen atoms in total. The monoisotopic (exact) mass is 355 g/mol. The van der Waals surface area contributed by atoms with E-state index in [-0.39, 0.29) is 0 Å². The first kappa shape index (κ1) is 16.0. The predicted molar refractivity (Wildman–Crippen MR) is 108 cm³/mol. The zero-order chi connectivity index (χ0) is 18.2. The lowest BCUT2D eigenvalue weighted by Gasteiger charge is -2.25. The lowest BCUT2D eigenvalue weighted by molar-refractivity contribution is 0.343. The molecule has 1 aliphatic rings. The topological polar surface area (TPSA) is 36.7 Å². The quantitative estimate of drug-likeness (QED) is 0.545. The molecule has 0 radical (unpaired) electrons. The average molecular weight is 355 g/mol. The van der Waals surface area contributed by atoms with E-state index in [1.165, 1.54) is 22.5 Å². The second-order valence-electron chi connectivity index (χ2n) is 7.05. The van der Waals surface area contributed by atoms with E-state index in [9.17, 15) is 0 Å². The molecule has 0 bridgehead atoms. The van der Waals surface area contributed by atoms with Gasteiger partial charge in [0.1, 0.15) is 6.33 Å². The first-order valence-corrected chi connectivity index (χ1v) is 9.22. The number of fused-ring (bicyclic) bond motifs is 2. The van der Waals surface area contributed by atoms with E-state index in [1.54, 1.807) is 6.33 Å². The van der Waals surface area contributed by atoms with Crippen molar-refractivity contribution in [2.45, 2.75) is 6.54 Å². The van der Waals surface area contributed by atoms with Crippen molar-refractivity contribution in [2.75, 3.05) is 25.0 Å². The third kappa shape index (κ3) is 2.96. The molecule has 0 unspecified atom stereocenters. The number of nitrogens with zero attached hydrogens (tertiary/aromatic N) is 5. The van der Waals surface area contributed by atoms with Crippen LogP contribution in [0.3, 0.4) is 0 Å². The van der Waals surface area contributed by atoms with Crippen LogP contribution in [0.4, 0.5) is 11.4 Å². The molecule has 5 heteroatoms. The van der Waals surface area contributed by atoms with Crippen molar-refractivity contribution in [2.24, 2.45) is 0 Å². The van der Waals surface area contributed by atoms with Crippen molar-refractivity contribution in [1.29, 1.82) is 0 Å². The molecule has 0 aliphatic carbocycles. The molecule has 5 rings (SSSR count). The number of benzene rings is 2. The highest BCUT2D eigenvalue weighted by Crippen LogP contribution is 2.34. The number of aromatic nitrogens is 3. The number of hydrogen-bond donors (Lipinski definition) is 0. The van der Waals surface area contributed by atoms with Crippen LogP contribution in [-0.2, 0) is 6.54 Å². The SMILES string of the molecule is CN1CCN(c2ccccc2)c2ccc(-c3ccc4ncnn4c3)cc2C1. The highest BCUT2D eigenvalue weighted by atomic mass is 15.3. The number of pyridine rings is 1. The van der Waals surface area contributed by atoms with Crippen molar-refractivity contribution in [3.63, 3.8) is 0 Å².